The smallest absolute Gasteiger partial charge is 0.284 e. The van der Waals surface area contributed by atoms with E-state index in [-0.39, 0.29) is 11.5 Å². The van der Waals surface area contributed by atoms with E-state index in [4.69, 9.17) is 0 Å². The van der Waals surface area contributed by atoms with Gasteiger partial charge in [0, 0.05) is 23.4 Å². The van der Waals surface area contributed by atoms with E-state index in [9.17, 15) is 26.4 Å². The molecular weight excluding hydrogens is 393 g/mol. The zero-order valence-corrected chi connectivity index (χ0v) is 15.6. The summed E-state index contributed by atoms with van der Waals surface area (Å²) in [6, 6.07) is 9.44. The highest BCUT2D eigenvalue weighted by atomic mass is 32.2. The van der Waals surface area contributed by atoms with Crippen LogP contribution < -0.4 is 4.72 Å². The van der Waals surface area contributed by atoms with E-state index in [0.29, 0.717) is 24.1 Å². The van der Waals surface area contributed by atoms with Gasteiger partial charge in [0.05, 0.1) is 11.8 Å². The Labute approximate surface area is 160 Å². The van der Waals surface area contributed by atoms with Crippen LogP contribution >= 0.6 is 0 Å². The van der Waals surface area contributed by atoms with Crippen LogP contribution in [0.2, 0.25) is 0 Å². The molecule has 0 bridgehead atoms. The number of nitrogens with zero attached hydrogens (tertiary/aromatic N) is 1. The summed E-state index contributed by atoms with van der Waals surface area (Å²) in [5.41, 5.74) is 1.30. The quantitative estimate of drug-likeness (QED) is 0.774. The van der Waals surface area contributed by atoms with Gasteiger partial charge in [-0.2, -0.15) is 13.2 Å². The summed E-state index contributed by atoms with van der Waals surface area (Å²) in [4.78, 5) is 16.1. The molecule has 0 saturated carbocycles. The van der Waals surface area contributed by atoms with E-state index in [1.807, 2.05) is 0 Å². The number of nitrogens with one attached hydrogen (secondary N) is 1. The molecule has 2 aromatic rings. The molecular formula is C19H17F3N2O3S. The molecule has 0 fully saturated rings. The van der Waals surface area contributed by atoms with Gasteiger partial charge in [-0.15, -0.1) is 0 Å². The number of aliphatic imine (C=N–C) groups is 1. The van der Waals surface area contributed by atoms with E-state index in [2.05, 4.69) is 9.71 Å². The van der Waals surface area contributed by atoms with Crippen molar-refractivity contribution in [1.29, 1.82) is 0 Å². The minimum absolute atomic E-state index is 0.215. The van der Waals surface area contributed by atoms with Crippen molar-refractivity contribution in [2.75, 3.05) is 11.0 Å². The number of hydrogen-bond acceptors (Lipinski definition) is 3. The number of rotatable bonds is 4. The first kappa shape index (κ1) is 20.1. The normalized spacial score (nSPS) is 16.9. The average molecular weight is 410 g/mol. The number of hydrogen-bond donors (Lipinski definition) is 1. The van der Waals surface area contributed by atoms with Crippen LogP contribution in [0.15, 0.2) is 47.5 Å². The highest BCUT2D eigenvalue weighted by Gasteiger charge is 2.32. The molecule has 3 rings (SSSR count). The second-order valence-corrected chi connectivity index (χ2v) is 8.34. The van der Waals surface area contributed by atoms with Crippen molar-refractivity contribution in [3.63, 3.8) is 0 Å². The van der Waals surface area contributed by atoms with Crippen molar-refractivity contribution in [3.05, 3.63) is 64.7 Å². The first-order valence-electron chi connectivity index (χ1n) is 8.39. The molecule has 28 heavy (non-hydrogen) atoms. The molecule has 1 unspecified atom stereocenters. The van der Waals surface area contributed by atoms with Crippen molar-refractivity contribution in [3.8, 4) is 0 Å². The van der Waals surface area contributed by atoms with Crippen molar-refractivity contribution < 1.29 is 26.4 Å². The van der Waals surface area contributed by atoms with Gasteiger partial charge >= 0.3 is 6.18 Å². The predicted octanol–water partition coefficient (Wildman–Crippen LogP) is 4.02. The number of sulfonamides is 1. The molecule has 0 radical (unpaired) electrons. The van der Waals surface area contributed by atoms with Crippen LogP contribution in [0.1, 0.15) is 39.4 Å². The average Bonchev–Trinajstić information content (AvgIpc) is 3.00. The summed E-state index contributed by atoms with van der Waals surface area (Å²) in [7, 11) is -3.41. The Bertz CT molecular complexity index is 1030. The highest BCUT2D eigenvalue weighted by molar-refractivity contribution is 7.92. The molecule has 1 N–H and O–H groups in total. The maximum atomic E-state index is 12.8. The SMILES string of the molecule is CS(=O)(=O)Nc1ccc(C(=O)N=CC2CCc3cc(C(F)(F)F)ccc32)cc1. The van der Waals surface area contributed by atoms with E-state index in [0.717, 1.165) is 24.0 Å². The Morgan fingerprint density at radius 1 is 1.18 bits per heavy atom. The largest absolute Gasteiger partial charge is 0.416 e. The summed E-state index contributed by atoms with van der Waals surface area (Å²) in [5.74, 6) is -0.723. The molecule has 2 aromatic carbocycles. The Morgan fingerprint density at radius 3 is 2.46 bits per heavy atom. The van der Waals surface area contributed by atoms with Crippen LogP contribution in [-0.2, 0) is 22.6 Å². The lowest BCUT2D eigenvalue weighted by Gasteiger charge is -2.10. The standard InChI is InChI=1S/C19H17F3N2O3S/c1-28(26,27)24-16-7-4-12(5-8-16)18(25)23-11-14-3-2-13-10-15(19(20,21)22)6-9-17(13)14/h4-11,14,24H,2-3H2,1H3. The molecule has 1 atom stereocenters. The monoisotopic (exact) mass is 410 g/mol. The molecule has 0 aliphatic heterocycles. The summed E-state index contributed by atoms with van der Waals surface area (Å²) in [5, 5.41) is 0. The van der Waals surface area contributed by atoms with Gasteiger partial charge in [-0.05, 0) is 60.4 Å². The molecule has 0 saturated heterocycles. The fraction of sp³-hybridized carbons (Fsp3) is 0.263. The lowest BCUT2D eigenvalue weighted by atomic mass is 10.0. The summed E-state index contributed by atoms with van der Waals surface area (Å²) >= 11 is 0. The summed E-state index contributed by atoms with van der Waals surface area (Å²) in [6.07, 6.45) is -0.812. The van der Waals surface area contributed by atoms with Crippen LogP contribution in [0.25, 0.3) is 0 Å². The number of benzene rings is 2. The van der Waals surface area contributed by atoms with Crippen molar-refractivity contribution >= 4 is 27.8 Å². The Kier molecular flexibility index (Phi) is 5.29. The minimum atomic E-state index is -4.38. The van der Waals surface area contributed by atoms with Crippen molar-refractivity contribution in [1.82, 2.24) is 0 Å². The van der Waals surface area contributed by atoms with Crippen LogP contribution in [0.5, 0.6) is 0 Å². The Balaban J connectivity index is 1.71. The zero-order valence-electron chi connectivity index (χ0n) is 14.8. The molecule has 5 nitrogen and oxygen atoms in total. The number of anilines is 1. The molecule has 0 spiro atoms. The third kappa shape index (κ3) is 4.78. The van der Waals surface area contributed by atoms with Crippen LogP contribution in [0.3, 0.4) is 0 Å². The van der Waals surface area contributed by atoms with Crippen molar-refractivity contribution in [2.24, 2.45) is 4.99 Å². The van der Waals surface area contributed by atoms with Crippen molar-refractivity contribution in [2.45, 2.75) is 24.9 Å². The Hall–Kier alpha value is -2.68. The lowest BCUT2D eigenvalue weighted by molar-refractivity contribution is -0.137. The van der Waals surface area contributed by atoms with Gasteiger partial charge in [0.15, 0.2) is 0 Å². The van der Waals surface area contributed by atoms with E-state index in [1.54, 1.807) is 0 Å². The third-order valence-electron chi connectivity index (χ3n) is 4.40. The zero-order chi connectivity index (χ0) is 20.5. The molecule has 1 aliphatic rings. The lowest BCUT2D eigenvalue weighted by Crippen LogP contribution is -2.09. The van der Waals surface area contributed by atoms with Crippen LogP contribution in [-0.4, -0.2) is 26.8 Å². The second-order valence-electron chi connectivity index (χ2n) is 6.59. The van der Waals surface area contributed by atoms with Crippen LogP contribution in [0.4, 0.5) is 18.9 Å². The van der Waals surface area contributed by atoms with E-state index in [1.165, 1.54) is 36.5 Å². The summed E-state index contributed by atoms with van der Waals surface area (Å²) in [6.45, 7) is 0. The van der Waals surface area contributed by atoms with Gasteiger partial charge in [0.2, 0.25) is 10.0 Å². The highest BCUT2D eigenvalue weighted by Crippen LogP contribution is 2.37. The summed E-state index contributed by atoms with van der Waals surface area (Å²) < 4.78 is 63.1. The van der Waals surface area contributed by atoms with Gasteiger partial charge in [-0.3, -0.25) is 9.52 Å². The third-order valence-corrected chi connectivity index (χ3v) is 5.01. The van der Waals surface area contributed by atoms with Gasteiger partial charge in [-0.1, -0.05) is 6.07 Å². The number of carbonyl (C=O) groups is 1. The van der Waals surface area contributed by atoms with E-state index < -0.39 is 27.7 Å². The number of amides is 1. The molecule has 0 heterocycles. The molecule has 9 heteroatoms. The van der Waals surface area contributed by atoms with Gasteiger partial charge < -0.3 is 0 Å². The topological polar surface area (TPSA) is 75.6 Å². The maximum Gasteiger partial charge on any atom is 0.416 e. The van der Waals surface area contributed by atoms with Gasteiger partial charge in [-0.25, -0.2) is 13.4 Å². The number of halogens is 3. The first-order chi connectivity index (χ1) is 13.0. The maximum absolute atomic E-state index is 12.8. The van der Waals surface area contributed by atoms with Gasteiger partial charge in [0.1, 0.15) is 0 Å². The number of alkyl halides is 3. The van der Waals surface area contributed by atoms with Crippen LogP contribution in [0, 0.1) is 0 Å². The fourth-order valence-electron chi connectivity index (χ4n) is 3.11. The number of fused-ring (bicyclic) bond motifs is 1. The number of aryl methyl sites for hydroxylation is 1. The fourth-order valence-corrected chi connectivity index (χ4v) is 3.67. The van der Waals surface area contributed by atoms with Gasteiger partial charge in [0.25, 0.3) is 5.91 Å². The molecule has 148 valence electrons. The minimum Gasteiger partial charge on any atom is -0.284 e. The molecule has 1 amide bonds. The second kappa shape index (κ2) is 7.38. The molecule has 1 aliphatic carbocycles. The predicted molar refractivity (Wildman–Crippen MR) is 100 cm³/mol. The number of carbonyl (C=O) groups excluding carboxylic acids is 1. The van der Waals surface area contributed by atoms with E-state index >= 15 is 0 Å². The Morgan fingerprint density at radius 2 is 1.86 bits per heavy atom. The first-order valence-corrected chi connectivity index (χ1v) is 10.3. The molecule has 0 aromatic heterocycles.